The number of hydrogen-bond acceptors (Lipinski definition) is 4. The van der Waals surface area contributed by atoms with Crippen LogP contribution in [0.4, 0.5) is 0 Å². The molecule has 0 fully saturated rings. The molecular formula is C13H20O4. The van der Waals surface area contributed by atoms with Crippen LogP contribution in [0, 0.1) is 5.92 Å². The lowest BCUT2D eigenvalue weighted by Crippen LogP contribution is -2.30. The predicted molar refractivity (Wildman–Crippen MR) is 63.3 cm³/mol. The van der Waals surface area contributed by atoms with E-state index >= 15 is 0 Å². The van der Waals surface area contributed by atoms with Gasteiger partial charge in [0.05, 0.1) is 12.5 Å². The Morgan fingerprint density at radius 3 is 2.59 bits per heavy atom. The molecule has 0 spiro atoms. The topological polar surface area (TPSA) is 52.6 Å². The van der Waals surface area contributed by atoms with E-state index < -0.39 is 17.5 Å². The van der Waals surface area contributed by atoms with Crippen LogP contribution in [0.25, 0.3) is 0 Å². The lowest BCUT2D eigenvalue weighted by molar-refractivity contribution is -0.160. The molecule has 0 saturated carbocycles. The average molecular weight is 240 g/mol. The summed E-state index contributed by atoms with van der Waals surface area (Å²) in [5, 5.41) is 0. The van der Waals surface area contributed by atoms with Crippen LogP contribution >= 0.6 is 0 Å². The van der Waals surface area contributed by atoms with Crippen LogP contribution in [0.2, 0.25) is 0 Å². The minimum absolute atomic E-state index is 0.317. The zero-order valence-corrected chi connectivity index (χ0v) is 10.9. The fourth-order valence-corrected chi connectivity index (χ4v) is 1.76. The maximum atomic E-state index is 11.9. The highest BCUT2D eigenvalue weighted by molar-refractivity contribution is 5.96. The molecule has 1 unspecified atom stereocenters. The number of esters is 2. The van der Waals surface area contributed by atoms with Crippen molar-refractivity contribution in [3.05, 3.63) is 11.6 Å². The third kappa shape index (κ3) is 3.88. The van der Waals surface area contributed by atoms with Crippen LogP contribution in [-0.4, -0.2) is 24.1 Å². The van der Waals surface area contributed by atoms with Crippen molar-refractivity contribution in [2.45, 2.75) is 46.1 Å². The number of carbonyl (C=O) groups is 2. The van der Waals surface area contributed by atoms with Crippen molar-refractivity contribution in [1.82, 2.24) is 0 Å². The lowest BCUT2D eigenvalue weighted by atomic mass is 10.0. The molecule has 4 heteroatoms. The van der Waals surface area contributed by atoms with Crippen molar-refractivity contribution < 1.29 is 19.1 Å². The first kappa shape index (κ1) is 13.7. The number of ether oxygens (including phenoxy) is 2. The van der Waals surface area contributed by atoms with E-state index in [0.29, 0.717) is 18.6 Å². The molecule has 0 heterocycles. The summed E-state index contributed by atoms with van der Waals surface area (Å²) in [6.07, 6.45) is 3.12. The van der Waals surface area contributed by atoms with Gasteiger partial charge in [-0.15, -0.1) is 0 Å². The Bertz CT molecular complexity index is 336. The second-order valence-corrected chi connectivity index (χ2v) is 5.04. The fourth-order valence-electron chi connectivity index (χ4n) is 1.76. The molecule has 0 aliphatic heterocycles. The second-order valence-electron chi connectivity index (χ2n) is 5.04. The Balaban J connectivity index is 2.69. The van der Waals surface area contributed by atoms with Gasteiger partial charge in [0.15, 0.2) is 0 Å². The minimum atomic E-state index is -0.528. The largest absolute Gasteiger partial charge is 0.463 e. The second kappa shape index (κ2) is 5.34. The third-order valence-electron chi connectivity index (χ3n) is 2.40. The molecule has 0 saturated heterocycles. The number of carbonyl (C=O) groups excluding carboxylic acids is 2. The predicted octanol–water partition coefficient (Wildman–Crippen LogP) is 2.23. The molecule has 0 N–H and O–H groups in total. The number of rotatable bonds is 3. The molecule has 4 nitrogen and oxygen atoms in total. The van der Waals surface area contributed by atoms with E-state index in [1.165, 1.54) is 0 Å². The maximum absolute atomic E-state index is 11.9. The molecule has 1 atom stereocenters. The highest BCUT2D eigenvalue weighted by Crippen LogP contribution is 2.29. The van der Waals surface area contributed by atoms with Gasteiger partial charge >= 0.3 is 11.9 Å². The van der Waals surface area contributed by atoms with Gasteiger partial charge in [0, 0.05) is 5.57 Å². The highest BCUT2D eigenvalue weighted by Gasteiger charge is 2.34. The summed E-state index contributed by atoms with van der Waals surface area (Å²) in [4.78, 5) is 23.5. The summed E-state index contributed by atoms with van der Waals surface area (Å²) in [5.74, 6) is -1.21. The molecule has 0 amide bonds. The highest BCUT2D eigenvalue weighted by atomic mass is 16.6. The first-order valence-corrected chi connectivity index (χ1v) is 5.95. The van der Waals surface area contributed by atoms with Crippen LogP contribution in [-0.2, 0) is 19.1 Å². The zero-order valence-electron chi connectivity index (χ0n) is 10.9. The van der Waals surface area contributed by atoms with Gasteiger partial charge in [0.1, 0.15) is 5.60 Å². The van der Waals surface area contributed by atoms with Crippen LogP contribution in [0.5, 0.6) is 0 Å². The van der Waals surface area contributed by atoms with Crippen LogP contribution < -0.4 is 0 Å². The summed E-state index contributed by atoms with van der Waals surface area (Å²) in [6.45, 7) is 7.50. The minimum Gasteiger partial charge on any atom is -0.463 e. The van der Waals surface area contributed by atoms with E-state index in [2.05, 4.69) is 0 Å². The monoisotopic (exact) mass is 240 g/mol. The summed E-state index contributed by atoms with van der Waals surface area (Å²) in [6, 6.07) is 0. The molecule has 17 heavy (non-hydrogen) atoms. The zero-order chi connectivity index (χ0) is 13.1. The van der Waals surface area contributed by atoms with Gasteiger partial charge < -0.3 is 9.47 Å². The van der Waals surface area contributed by atoms with Crippen molar-refractivity contribution >= 4 is 11.9 Å². The summed E-state index contributed by atoms with van der Waals surface area (Å²) < 4.78 is 10.2. The molecule has 0 radical (unpaired) electrons. The number of allylic oxidation sites excluding steroid dienone is 1. The Morgan fingerprint density at radius 2 is 2.06 bits per heavy atom. The normalized spacial score (nSPS) is 19.8. The lowest BCUT2D eigenvalue weighted by Gasteiger charge is -2.22. The van der Waals surface area contributed by atoms with Crippen LogP contribution in [0.15, 0.2) is 11.6 Å². The third-order valence-corrected chi connectivity index (χ3v) is 2.40. The van der Waals surface area contributed by atoms with E-state index in [4.69, 9.17) is 9.47 Å². The van der Waals surface area contributed by atoms with Gasteiger partial charge in [-0.25, -0.2) is 4.79 Å². The van der Waals surface area contributed by atoms with Crippen LogP contribution in [0.1, 0.15) is 40.5 Å². The van der Waals surface area contributed by atoms with Crippen molar-refractivity contribution in [2.75, 3.05) is 6.61 Å². The van der Waals surface area contributed by atoms with E-state index in [-0.39, 0.29) is 5.97 Å². The van der Waals surface area contributed by atoms with Gasteiger partial charge in [-0.1, -0.05) is 6.08 Å². The molecular weight excluding hydrogens is 220 g/mol. The molecule has 0 aromatic carbocycles. The van der Waals surface area contributed by atoms with Gasteiger partial charge in [-0.2, -0.15) is 0 Å². The van der Waals surface area contributed by atoms with Gasteiger partial charge in [-0.3, -0.25) is 4.79 Å². The molecule has 96 valence electrons. The molecule has 1 aliphatic rings. The molecule has 0 aromatic heterocycles. The quantitative estimate of drug-likeness (QED) is 0.710. The first-order valence-electron chi connectivity index (χ1n) is 5.95. The standard InChI is InChI=1S/C13H20O4/c1-5-16-11(14)9-7-6-8-10(9)12(15)17-13(2,3)4/h7,10H,5-6,8H2,1-4H3. The Labute approximate surface area is 102 Å². The van der Waals surface area contributed by atoms with E-state index in [9.17, 15) is 9.59 Å². The Morgan fingerprint density at radius 1 is 1.41 bits per heavy atom. The van der Waals surface area contributed by atoms with Crippen molar-refractivity contribution in [1.29, 1.82) is 0 Å². The van der Waals surface area contributed by atoms with E-state index in [0.717, 1.165) is 6.42 Å². The van der Waals surface area contributed by atoms with Gasteiger partial charge in [0.2, 0.25) is 0 Å². The fraction of sp³-hybridized carbons (Fsp3) is 0.692. The Kier molecular flexibility index (Phi) is 4.32. The SMILES string of the molecule is CCOC(=O)C1=CCCC1C(=O)OC(C)(C)C. The smallest absolute Gasteiger partial charge is 0.334 e. The van der Waals surface area contributed by atoms with E-state index in [1.54, 1.807) is 13.0 Å². The van der Waals surface area contributed by atoms with Crippen LogP contribution in [0.3, 0.4) is 0 Å². The van der Waals surface area contributed by atoms with Gasteiger partial charge in [-0.05, 0) is 40.5 Å². The maximum Gasteiger partial charge on any atom is 0.334 e. The van der Waals surface area contributed by atoms with Crippen molar-refractivity contribution in [3.8, 4) is 0 Å². The van der Waals surface area contributed by atoms with Crippen molar-refractivity contribution in [3.63, 3.8) is 0 Å². The summed E-state index contributed by atoms with van der Waals surface area (Å²) in [5.41, 5.74) is -0.0829. The molecule has 1 aliphatic carbocycles. The van der Waals surface area contributed by atoms with Crippen molar-refractivity contribution in [2.24, 2.45) is 5.92 Å². The molecule has 0 bridgehead atoms. The molecule has 0 aromatic rings. The number of hydrogen-bond donors (Lipinski definition) is 0. The summed E-state index contributed by atoms with van der Waals surface area (Å²) in [7, 11) is 0. The average Bonchev–Trinajstić information content (AvgIpc) is 2.63. The molecule has 1 rings (SSSR count). The van der Waals surface area contributed by atoms with Gasteiger partial charge in [0.25, 0.3) is 0 Å². The Hall–Kier alpha value is -1.32. The van der Waals surface area contributed by atoms with E-state index in [1.807, 2.05) is 20.8 Å². The first-order chi connectivity index (χ1) is 7.85. The summed E-state index contributed by atoms with van der Waals surface area (Å²) >= 11 is 0.